The zero-order chi connectivity index (χ0) is 10.1. The molecule has 0 spiro atoms. The summed E-state index contributed by atoms with van der Waals surface area (Å²) in [5.41, 5.74) is 1.98. The lowest BCUT2D eigenvalue weighted by molar-refractivity contribution is 0.403. The molecule has 0 aliphatic heterocycles. The number of rotatable bonds is 2. The standard InChI is InChI=1S/C9H7IN2OS/c1-3-5-6-7(14-8(5)10)9(13-2)12-4-11-6/h3-4H,1H2,2H3. The van der Waals surface area contributed by atoms with E-state index >= 15 is 0 Å². The fourth-order valence-corrected chi connectivity index (χ4v) is 3.29. The Bertz CT molecular complexity index is 495. The van der Waals surface area contributed by atoms with E-state index in [9.17, 15) is 0 Å². The summed E-state index contributed by atoms with van der Waals surface area (Å²) in [5.74, 6) is 0.631. The Morgan fingerprint density at radius 3 is 3.00 bits per heavy atom. The SMILES string of the molecule is C=Cc1c(I)sc2c(OC)ncnc12. The van der Waals surface area contributed by atoms with E-state index in [4.69, 9.17) is 4.74 Å². The van der Waals surface area contributed by atoms with Gasteiger partial charge in [-0.2, -0.15) is 0 Å². The Hall–Kier alpha value is -0.690. The molecule has 0 N–H and O–H groups in total. The third kappa shape index (κ3) is 1.40. The van der Waals surface area contributed by atoms with Crippen LogP contribution in [0.25, 0.3) is 16.3 Å². The van der Waals surface area contributed by atoms with Gasteiger partial charge >= 0.3 is 0 Å². The quantitative estimate of drug-likeness (QED) is 0.799. The molecular formula is C9H7IN2OS. The Labute approximate surface area is 99.0 Å². The van der Waals surface area contributed by atoms with Crippen molar-refractivity contribution in [2.24, 2.45) is 0 Å². The first-order chi connectivity index (χ1) is 6.77. The van der Waals surface area contributed by atoms with E-state index in [-0.39, 0.29) is 0 Å². The lowest BCUT2D eigenvalue weighted by atomic mass is 10.3. The number of ether oxygens (including phenoxy) is 1. The third-order valence-electron chi connectivity index (χ3n) is 1.83. The highest BCUT2D eigenvalue weighted by Crippen LogP contribution is 2.35. The minimum Gasteiger partial charge on any atom is -0.480 e. The maximum absolute atomic E-state index is 5.16. The average Bonchev–Trinajstić information content (AvgIpc) is 2.52. The van der Waals surface area contributed by atoms with Gasteiger partial charge in [0.1, 0.15) is 11.0 Å². The maximum atomic E-state index is 5.16. The number of hydrogen-bond acceptors (Lipinski definition) is 4. The van der Waals surface area contributed by atoms with Gasteiger partial charge in [0.05, 0.1) is 15.5 Å². The Balaban J connectivity index is 2.85. The highest BCUT2D eigenvalue weighted by Gasteiger charge is 2.12. The highest BCUT2D eigenvalue weighted by molar-refractivity contribution is 14.1. The summed E-state index contributed by atoms with van der Waals surface area (Å²) in [7, 11) is 1.61. The number of aromatic nitrogens is 2. The third-order valence-corrected chi connectivity index (χ3v) is 4.04. The number of methoxy groups -OCH3 is 1. The predicted molar refractivity (Wildman–Crippen MR) is 66.8 cm³/mol. The molecule has 0 radical (unpaired) electrons. The van der Waals surface area contributed by atoms with Gasteiger partial charge in [0.15, 0.2) is 0 Å². The van der Waals surface area contributed by atoms with E-state index in [1.165, 1.54) is 6.33 Å². The van der Waals surface area contributed by atoms with Crippen LogP contribution >= 0.6 is 33.9 Å². The summed E-state index contributed by atoms with van der Waals surface area (Å²) in [5, 5.41) is 0. The molecule has 0 aliphatic rings. The second-order valence-electron chi connectivity index (χ2n) is 2.55. The van der Waals surface area contributed by atoms with Crippen molar-refractivity contribution in [2.75, 3.05) is 7.11 Å². The Morgan fingerprint density at radius 1 is 1.57 bits per heavy atom. The second kappa shape index (κ2) is 3.82. The zero-order valence-corrected chi connectivity index (χ0v) is 10.4. The van der Waals surface area contributed by atoms with E-state index in [1.807, 2.05) is 6.08 Å². The van der Waals surface area contributed by atoms with Gasteiger partial charge < -0.3 is 4.74 Å². The lowest BCUT2D eigenvalue weighted by Crippen LogP contribution is -1.88. The van der Waals surface area contributed by atoms with Gasteiger partial charge in [0.2, 0.25) is 5.88 Å². The predicted octanol–water partition coefficient (Wildman–Crippen LogP) is 2.95. The topological polar surface area (TPSA) is 35.0 Å². The molecule has 0 unspecified atom stereocenters. The maximum Gasteiger partial charge on any atom is 0.234 e. The van der Waals surface area contributed by atoms with E-state index in [0.29, 0.717) is 5.88 Å². The monoisotopic (exact) mass is 318 g/mol. The van der Waals surface area contributed by atoms with Crippen molar-refractivity contribution in [1.29, 1.82) is 0 Å². The van der Waals surface area contributed by atoms with Crippen molar-refractivity contribution in [2.45, 2.75) is 0 Å². The van der Waals surface area contributed by atoms with Crippen LogP contribution in [0.2, 0.25) is 0 Å². The average molecular weight is 318 g/mol. The fraction of sp³-hybridized carbons (Fsp3) is 0.111. The van der Waals surface area contributed by atoms with Crippen molar-refractivity contribution in [1.82, 2.24) is 9.97 Å². The second-order valence-corrected chi connectivity index (χ2v) is 5.39. The summed E-state index contributed by atoms with van der Waals surface area (Å²) in [6.07, 6.45) is 3.32. The van der Waals surface area contributed by atoms with E-state index in [2.05, 4.69) is 39.1 Å². The van der Waals surface area contributed by atoms with Crippen molar-refractivity contribution < 1.29 is 4.74 Å². The summed E-state index contributed by atoms with van der Waals surface area (Å²) < 4.78 is 7.30. The van der Waals surface area contributed by atoms with Crippen LogP contribution in [0.5, 0.6) is 5.88 Å². The van der Waals surface area contributed by atoms with Crippen molar-refractivity contribution in [3.8, 4) is 5.88 Å². The van der Waals surface area contributed by atoms with Crippen LogP contribution in [-0.2, 0) is 0 Å². The lowest BCUT2D eigenvalue weighted by Gasteiger charge is -1.97. The van der Waals surface area contributed by atoms with Crippen LogP contribution < -0.4 is 4.74 Å². The van der Waals surface area contributed by atoms with Gasteiger partial charge in [0, 0.05) is 5.56 Å². The molecule has 0 saturated carbocycles. The van der Waals surface area contributed by atoms with Crippen LogP contribution in [0, 0.1) is 2.88 Å². The molecule has 0 saturated heterocycles. The normalized spacial score (nSPS) is 10.4. The van der Waals surface area contributed by atoms with Crippen molar-refractivity contribution in [3.63, 3.8) is 0 Å². The molecule has 0 atom stereocenters. The van der Waals surface area contributed by atoms with E-state index in [0.717, 1.165) is 18.7 Å². The molecule has 2 aromatic heterocycles. The van der Waals surface area contributed by atoms with E-state index < -0.39 is 0 Å². The van der Waals surface area contributed by atoms with Gasteiger partial charge in [-0.05, 0) is 22.6 Å². The molecule has 0 aromatic carbocycles. The molecule has 2 aromatic rings. The fourth-order valence-electron chi connectivity index (χ4n) is 1.20. The number of fused-ring (bicyclic) bond motifs is 1. The van der Waals surface area contributed by atoms with Crippen LogP contribution in [0.4, 0.5) is 0 Å². The number of hydrogen-bond donors (Lipinski definition) is 0. The molecule has 0 aliphatic carbocycles. The van der Waals surface area contributed by atoms with Gasteiger partial charge in [-0.25, -0.2) is 9.97 Å². The van der Waals surface area contributed by atoms with Crippen LogP contribution in [0.1, 0.15) is 5.56 Å². The molecule has 0 fully saturated rings. The first kappa shape index (κ1) is 9.85. The largest absolute Gasteiger partial charge is 0.480 e. The molecule has 5 heteroatoms. The molecular weight excluding hydrogens is 311 g/mol. The molecule has 72 valence electrons. The van der Waals surface area contributed by atoms with Crippen molar-refractivity contribution >= 4 is 50.2 Å². The van der Waals surface area contributed by atoms with Gasteiger partial charge in [-0.1, -0.05) is 12.7 Å². The molecule has 2 heterocycles. The smallest absolute Gasteiger partial charge is 0.234 e. The minimum absolute atomic E-state index is 0.631. The van der Waals surface area contributed by atoms with E-state index in [1.54, 1.807) is 18.4 Å². The summed E-state index contributed by atoms with van der Waals surface area (Å²) in [4.78, 5) is 8.28. The summed E-state index contributed by atoms with van der Waals surface area (Å²) in [6, 6.07) is 0. The molecule has 14 heavy (non-hydrogen) atoms. The summed E-state index contributed by atoms with van der Waals surface area (Å²) in [6.45, 7) is 3.77. The molecule has 0 amide bonds. The van der Waals surface area contributed by atoms with Gasteiger partial charge in [0.25, 0.3) is 0 Å². The minimum atomic E-state index is 0.631. The zero-order valence-electron chi connectivity index (χ0n) is 7.45. The molecule has 2 rings (SSSR count). The molecule has 3 nitrogen and oxygen atoms in total. The first-order valence-electron chi connectivity index (χ1n) is 3.87. The molecule has 0 bridgehead atoms. The number of nitrogens with zero attached hydrogens (tertiary/aromatic N) is 2. The van der Waals surface area contributed by atoms with Gasteiger partial charge in [-0.15, -0.1) is 11.3 Å². The number of thiophene rings is 1. The van der Waals surface area contributed by atoms with Crippen LogP contribution in [0.15, 0.2) is 12.9 Å². The van der Waals surface area contributed by atoms with Crippen LogP contribution in [0.3, 0.4) is 0 Å². The number of halogens is 1. The first-order valence-corrected chi connectivity index (χ1v) is 5.77. The van der Waals surface area contributed by atoms with Crippen LogP contribution in [-0.4, -0.2) is 17.1 Å². The Kier molecular flexibility index (Phi) is 2.69. The van der Waals surface area contributed by atoms with Gasteiger partial charge in [-0.3, -0.25) is 0 Å². The Morgan fingerprint density at radius 2 is 2.36 bits per heavy atom. The highest BCUT2D eigenvalue weighted by atomic mass is 127. The summed E-state index contributed by atoms with van der Waals surface area (Å²) >= 11 is 3.89. The van der Waals surface area contributed by atoms with Crippen molar-refractivity contribution in [3.05, 3.63) is 21.4 Å².